The van der Waals surface area contributed by atoms with Crippen molar-refractivity contribution in [3.8, 4) is 0 Å². The maximum absolute atomic E-state index is 11.9. The predicted molar refractivity (Wildman–Crippen MR) is 78.0 cm³/mol. The number of amides is 1. The molecule has 0 aromatic carbocycles. The molecule has 1 aromatic rings. The lowest BCUT2D eigenvalue weighted by molar-refractivity contribution is -0.122. The highest BCUT2D eigenvalue weighted by atomic mass is 35.5. The monoisotopic (exact) mass is 294 g/mol. The summed E-state index contributed by atoms with van der Waals surface area (Å²) in [6.45, 7) is 5.59. The fourth-order valence-electron chi connectivity index (χ4n) is 3.17. The molecule has 0 radical (unpaired) electrons. The van der Waals surface area contributed by atoms with Crippen LogP contribution in [0.5, 0.6) is 0 Å². The highest BCUT2D eigenvalue weighted by Crippen LogP contribution is 2.33. The maximum Gasteiger partial charge on any atom is 0.225 e. The van der Waals surface area contributed by atoms with E-state index >= 15 is 0 Å². The number of aromatic nitrogens is 2. The molecule has 2 aliphatic heterocycles. The first kappa shape index (κ1) is 13.6. The smallest absolute Gasteiger partial charge is 0.225 e. The van der Waals surface area contributed by atoms with Gasteiger partial charge in [-0.25, -0.2) is 9.97 Å². The molecular formula is C14H19ClN4O. The second kappa shape index (κ2) is 5.20. The summed E-state index contributed by atoms with van der Waals surface area (Å²) in [6.07, 6.45) is 2.73. The van der Waals surface area contributed by atoms with Crippen molar-refractivity contribution in [1.29, 1.82) is 0 Å². The molecular weight excluding hydrogens is 276 g/mol. The highest BCUT2D eigenvalue weighted by molar-refractivity contribution is 6.30. The summed E-state index contributed by atoms with van der Waals surface area (Å²) in [5.74, 6) is 1.92. The van der Waals surface area contributed by atoms with E-state index in [0.717, 1.165) is 43.0 Å². The van der Waals surface area contributed by atoms with E-state index in [9.17, 15) is 4.79 Å². The SMILES string of the molecule is CCc1nc(Cl)c(C)c(N2CCCC3C(=O)NCC32)n1. The lowest BCUT2D eigenvalue weighted by atomic mass is 9.91. The zero-order chi connectivity index (χ0) is 14.3. The normalized spacial score (nSPS) is 25.6. The minimum Gasteiger partial charge on any atom is -0.354 e. The first-order valence-corrected chi connectivity index (χ1v) is 7.57. The third-order valence-corrected chi connectivity index (χ3v) is 4.66. The molecule has 3 rings (SSSR count). The molecule has 2 aliphatic rings. The van der Waals surface area contributed by atoms with Gasteiger partial charge < -0.3 is 10.2 Å². The highest BCUT2D eigenvalue weighted by Gasteiger charge is 2.41. The zero-order valence-electron chi connectivity index (χ0n) is 11.8. The Kier molecular flexibility index (Phi) is 3.54. The Morgan fingerprint density at radius 2 is 2.25 bits per heavy atom. The van der Waals surface area contributed by atoms with E-state index in [1.165, 1.54) is 0 Å². The molecule has 1 N–H and O–H groups in total. The van der Waals surface area contributed by atoms with E-state index < -0.39 is 0 Å². The number of hydrogen-bond donors (Lipinski definition) is 1. The quantitative estimate of drug-likeness (QED) is 0.844. The molecule has 3 heterocycles. The van der Waals surface area contributed by atoms with Crippen LogP contribution in [0.15, 0.2) is 0 Å². The van der Waals surface area contributed by atoms with Gasteiger partial charge >= 0.3 is 0 Å². The van der Waals surface area contributed by atoms with Gasteiger partial charge in [0.2, 0.25) is 5.91 Å². The first-order chi connectivity index (χ1) is 9.61. The Morgan fingerprint density at radius 3 is 3.00 bits per heavy atom. The molecule has 0 spiro atoms. The van der Waals surface area contributed by atoms with Crippen LogP contribution in [0.3, 0.4) is 0 Å². The molecule has 1 amide bonds. The van der Waals surface area contributed by atoms with E-state index in [0.29, 0.717) is 11.7 Å². The van der Waals surface area contributed by atoms with Gasteiger partial charge in [-0.2, -0.15) is 0 Å². The summed E-state index contributed by atoms with van der Waals surface area (Å²) in [7, 11) is 0. The molecule has 6 heteroatoms. The van der Waals surface area contributed by atoms with Crippen LogP contribution >= 0.6 is 11.6 Å². The van der Waals surface area contributed by atoms with Gasteiger partial charge in [-0.15, -0.1) is 0 Å². The largest absolute Gasteiger partial charge is 0.354 e. The van der Waals surface area contributed by atoms with Crippen LogP contribution in [0, 0.1) is 12.8 Å². The second-order valence-electron chi connectivity index (χ2n) is 5.49. The molecule has 2 fully saturated rings. The molecule has 20 heavy (non-hydrogen) atoms. The summed E-state index contributed by atoms with van der Waals surface area (Å²) < 4.78 is 0. The maximum atomic E-state index is 11.9. The number of piperidine rings is 1. The minimum atomic E-state index is 0.0852. The number of halogens is 1. The summed E-state index contributed by atoms with van der Waals surface area (Å²) in [6, 6.07) is 0.200. The zero-order valence-corrected chi connectivity index (χ0v) is 12.6. The van der Waals surface area contributed by atoms with Gasteiger partial charge in [0.25, 0.3) is 0 Å². The summed E-state index contributed by atoms with van der Waals surface area (Å²) in [5.41, 5.74) is 0.906. The third kappa shape index (κ3) is 2.14. The molecule has 0 saturated carbocycles. The van der Waals surface area contributed by atoms with Crippen molar-refractivity contribution in [2.75, 3.05) is 18.0 Å². The number of fused-ring (bicyclic) bond motifs is 1. The number of rotatable bonds is 2. The van der Waals surface area contributed by atoms with Crippen molar-refractivity contribution in [3.63, 3.8) is 0 Å². The number of carbonyl (C=O) groups is 1. The van der Waals surface area contributed by atoms with Crippen molar-refractivity contribution in [1.82, 2.24) is 15.3 Å². The predicted octanol–water partition coefficient (Wildman–Crippen LogP) is 1.72. The van der Waals surface area contributed by atoms with Gasteiger partial charge in [0.15, 0.2) is 0 Å². The van der Waals surface area contributed by atoms with E-state index in [1.54, 1.807) is 0 Å². The fourth-order valence-corrected chi connectivity index (χ4v) is 3.35. The number of carbonyl (C=O) groups excluding carboxylic acids is 1. The molecule has 0 aliphatic carbocycles. The molecule has 5 nitrogen and oxygen atoms in total. The molecule has 108 valence electrons. The number of nitrogens with zero attached hydrogens (tertiary/aromatic N) is 3. The topological polar surface area (TPSA) is 58.1 Å². The van der Waals surface area contributed by atoms with Gasteiger partial charge in [-0.05, 0) is 19.8 Å². The Labute approximate surface area is 123 Å². The van der Waals surface area contributed by atoms with Crippen LogP contribution in [0.25, 0.3) is 0 Å². The van der Waals surface area contributed by atoms with Crippen LogP contribution in [0.2, 0.25) is 5.15 Å². The van der Waals surface area contributed by atoms with Gasteiger partial charge in [-0.3, -0.25) is 4.79 Å². The Balaban J connectivity index is 1.99. The minimum absolute atomic E-state index is 0.0852. The Hall–Kier alpha value is -1.36. The fraction of sp³-hybridized carbons (Fsp3) is 0.643. The van der Waals surface area contributed by atoms with Crippen molar-refractivity contribution in [2.24, 2.45) is 5.92 Å². The number of hydrogen-bond acceptors (Lipinski definition) is 4. The van der Waals surface area contributed by atoms with Crippen molar-refractivity contribution in [2.45, 2.75) is 39.2 Å². The van der Waals surface area contributed by atoms with Crippen LogP contribution in [0.1, 0.15) is 31.2 Å². The Morgan fingerprint density at radius 1 is 1.45 bits per heavy atom. The van der Waals surface area contributed by atoms with Crippen molar-refractivity contribution >= 4 is 23.3 Å². The van der Waals surface area contributed by atoms with Crippen LogP contribution in [-0.4, -0.2) is 35.0 Å². The van der Waals surface area contributed by atoms with Gasteiger partial charge in [0.05, 0.1) is 12.0 Å². The summed E-state index contributed by atoms with van der Waals surface area (Å²) >= 11 is 6.23. The second-order valence-corrected chi connectivity index (χ2v) is 5.85. The van der Waals surface area contributed by atoms with Gasteiger partial charge in [0, 0.05) is 25.1 Å². The third-order valence-electron chi connectivity index (χ3n) is 4.30. The number of anilines is 1. The molecule has 1 aromatic heterocycles. The van der Waals surface area contributed by atoms with Crippen LogP contribution in [-0.2, 0) is 11.2 Å². The summed E-state index contributed by atoms with van der Waals surface area (Å²) in [4.78, 5) is 23.1. The molecule has 0 bridgehead atoms. The standard InChI is InChI=1S/C14H19ClN4O/c1-3-11-17-12(15)8(2)13(18-11)19-6-4-5-9-10(19)7-16-14(9)20/h9-10H,3-7H2,1-2H3,(H,16,20). The van der Waals surface area contributed by atoms with Crippen LogP contribution < -0.4 is 10.2 Å². The lowest BCUT2D eigenvalue weighted by Crippen LogP contribution is -2.46. The molecule has 2 saturated heterocycles. The van der Waals surface area contributed by atoms with Crippen molar-refractivity contribution in [3.05, 3.63) is 16.5 Å². The first-order valence-electron chi connectivity index (χ1n) is 7.19. The molecule has 2 unspecified atom stereocenters. The van der Waals surface area contributed by atoms with E-state index in [1.807, 2.05) is 13.8 Å². The Bertz CT molecular complexity index is 548. The number of aryl methyl sites for hydroxylation is 1. The average molecular weight is 295 g/mol. The summed E-state index contributed by atoms with van der Waals surface area (Å²) in [5, 5.41) is 3.49. The van der Waals surface area contributed by atoms with Crippen molar-refractivity contribution < 1.29 is 4.79 Å². The molecule has 2 atom stereocenters. The van der Waals surface area contributed by atoms with Gasteiger partial charge in [0.1, 0.15) is 16.8 Å². The van der Waals surface area contributed by atoms with E-state index in [4.69, 9.17) is 11.6 Å². The van der Waals surface area contributed by atoms with Crippen LogP contribution in [0.4, 0.5) is 5.82 Å². The number of nitrogens with one attached hydrogen (secondary N) is 1. The van der Waals surface area contributed by atoms with E-state index in [2.05, 4.69) is 20.2 Å². The average Bonchev–Trinajstić information content (AvgIpc) is 2.84. The van der Waals surface area contributed by atoms with Gasteiger partial charge in [-0.1, -0.05) is 18.5 Å². The van der Waals surface area contributed by atoms with E-state index in [-0.39, 0.29) is 17.9 Å². The lowest BCUT2D eigenvalue weighted by Gasteiger charge is -2.37.